The Balaban J connectivity index is 1.28. The molecule has 0 aliphatic rings. The summed E-state index contributed by atoms with van der Waals surface area (Å²) in [4.78, 5) is 14.8. The van der Waals surface area contributed by atoms with Gasteiger partial charge in [0.05, 0.1) is 23.4 Å². The van der Waals surface area contributed by atoms with Crippen LogP contribution in [0.5, 0.6) is 0 Å². The number of nitrogens with zero attached hydrogens (tertiary/aromatic N) is 4. The lowest BCUT2D eigenvalue weighted by molar-refractivity contribution is 1.07. The Morgan fingerprint density at radius 2 is 0.939 bits per heavy atom. The molecule has 4 nitrogen and oxygen atoms in total. The predicted octanol–water partition coefficient (Wildman–Crippen LogP) is 11.3. The molecule has 0 saturated carbocycles. The van der Waals surface area contributed by atoms with Crippen molar-refractivity contribution in [1.29, 1.82) is 0 Å². The summed E-state index contributed by atoms with van der Waals surface area (Å²) in [5.41, 5.74) is 5.75. The molecule has 0 aliphatic carbocycles. The van der Waals surface area contributed by atoms with Gasteiger partial charge in [-0.2, -0.15) is 0 Å². The lowest BCUT2D eigenvalue weighted by Gasteiger charge is -2.12. The molecule has 0 saturated heterocycles. The molecule has 0 fully saturated rings. The van der Waals surface area contributed by atoms with Gasteiger partial charge in [0.2, 0.25) is 0 Å². The van der Waals surface area contributed by atoms with Crippen molar-refractivity contribution in [3.8, 4) is 62.1 Å². The molecule has 0 amide bonds. The molecule has 0 unspecified atom stereocenters. The average Bonchev–Trinajstić information content (AvgIpc) is 3.61. The lowest BCUT2D eigenvalue weighted by Crippen LogP contribution is -2.01. The SMILES string of the molecule is [2H]c1c([2H])c([2H])c(-c2ccc3c4c([2H])c([2H])c([2H])c([2H])c4n(-c4cccc(-c5nc(-c6ccccc6)nc(-c6cccc(-c7ccccc7)c6)n5)c4)c3c2)c([2H])c1[2H]. The predicted molar refractivity (Wildman–Crippen MR) is 201 cm³/mol. The van der Waals surface area contributed by atoms with E-state index in [1.165, 1.54) is 0 Å². The fourth-order valence-corrected chi connectivity index (χ4v) is 6.14. The number of para-hydroxylation sites is 1. The fraction of sp³-hybridized carbons (Fsp3) is 0. The lowest BCUT2D eigenvalue weighted by atomic mass is 10.0. The highest BCUT2D eigenvalue weighted by Gasteiger charge is 2.16. The van der Waals surface area contributed by atoms with Gasteiger partial charge in [-0.05, 0) is 52.6 Å². The van der Waals surface area contributed by atoms with E-state index in [0.717, 1.165) is 22.3 Å². The van der Waals surface area contributed by atoms with Gasteiger partial charge in [-0.15, -0.1) is 0 Å². The van der Waals surface area contributed by atoms with Gasteiger partial charge in [0, 0.05) is 33.2 Å². The largest absolute Gasteiger partial charge is 0.309 e. The van der Waals surface area contributed by atoms with Crippen molar-refractivity contribution in [3.63, 3.8) is 0 Å². The second-order valence-electron chi connectivity index (χ2n) is 11.5. The van der Waals surface area contributed by atoms with E-state index in [4.69, 9.17) is 27.3 Å². The van der Waals surface area contributed by atoms with Crippen molar-refractivity contribution >= 4 is 21.8 Å². The van der Waals surface area contributed by atoms with E-state index in [9.17, 15) is 0 Å². The molecule has 0 radical (unpaired) electrons. The second-order valence-corrected chi connectivity index (χ2v) is 11.5. The van der Waals surface area contributed by atoms with Crippen LogP contribution in [0.15, 0.2) is 182 Å². The van der Waals surface area contributed by atoms with Gasteiger partial charge in [-0.1, -0.05) is 151 Å². The molecule has 0 spiro atoms. The van der Waals surface area contributed by atoms with Gasteiger partial charge >= 0.3 is 0 Å². The van der Waals surface area contributed by atoms with E-state index in [1.807, 2.05) is 109 Å². The summed E-state index contributed by atoms with van der Waals surface area (Å²) >= 11 is 0. The maximum atomic E-state index is 9.08. The van der Waals surface area contributed by atoms with E-state index in [-0.39, 0.29) is 46.7 Å². The van der Waals surface area contributed by atoms with Gasteiger partial charge in [0.1, 0.15) is 0 Å². The summed E-state index contributed by atoms with van der Waals surface area (Å²) in [5.74, 6) is 1.30. The van der Waals surface area contributed by atoms with Gasteiger partial charge < -0.3 is 4.57 Å². The van der Waals surface area contributed by atoms with Gasteiger partial charge in [0.25, 0.3) is 0 Å². The van der Waals surface area contributed by atoms with Crippen molar-refractivity contribution in [2.24, 2.45) is 0 Å². The second kappa shape index (κ2) is 12.2. The Morgan fingerprint density at radius 1 is 0.367 bits per heavy atom. The molecule has 0 N–H and O–H groups in total. The van der Waals surface area contributed by atoms with E-state index < -0.39 is 24.2 Å². The summed E-state index contributed by atoms with van der Waals surface area (Å²) in [6, 6.07) is 36.5. The van der Waals surface area contributed by atoms with Crippen LogP contribution in [0.1, 0.15) is 12.3 Å². The van der Waals surface area contributed by atoms with Crippen LogP contribution in [-0.2, 0) is 0 Å². The maximum absolute atomic E-state index is 9.08. The highest BCUT2D eigenvalue weighted by atomic mass is 15.0. The van der Waals surface area contributed by atoms with Crippen molar-refractivity contribution < 1.29 is 12.3 Å². The Bertz CT molecular complexity index is 3090. The molecule has 9 aromatic rings. The van der Waals surface area contributed by atoms with Crippen LogP contribution in [-0.4, -0.2) is 19.5 Å². The molecular formula is C45H30N4. The third-order valence-electron chi connectivity index (χ3n) is 8.45. The molecule has 2 heterocycles. The van der Waals surface area contributed by atoms with Crippen molar-refractivity contribution in [2.75, 3.05) is 0 Å². The smallest absolute Gasteiger partial charge is 0.164 e. The number of aromatic nitrogens is 4. The van der Waals surface area contributed by atoms with Crippen molar-refractivity contribution in [1.82, 2.24) is 19.5 Å². The van der Waals surface area contributed by atoms with Crippen molar-refractivity contribution in [2.45, 2.75) is 0 Å². The minimum atomic E-state index is -0.504. The minimum absolute atomic E-state index is 0.000465. The maximum Gasteiger partial charge on any atom is 0.164 e. The normalized spacial score (nSPS) is 13.8. The summed E-state index contributed by atoms with van der Waals surface area (Å²) in [5, 5.41) is 0.779. The molecular weight excluding hydrogens is 597 g/mol. The number of benzene rings is 7. The molecule has 0 bridgehead atoms. The standard InChI is InChI=1S/C45H30N4/c1-4-14-31(15-5-1)34-20-12-21-36(28-34)44-46-43(33-18-8-3-9-19-33)47-45(48-44)37-22-13-23-38(29-37)49-41-25-11-10-24-39(41)40-27-26-35(30-42(40)49)32-16-6-2-7-17-32/h1-30H/i2D,6D,7D,10D,11D,16D,17D,24D,25D. The zero-order chi connectivity index (χ0) is 40.4. The molecule has 0 aliphatic heterocycles. The summed E-state index contributed by atoms with van der Waals surface area (Å²) in [7, 11) is 0. The first-order valence-corrected chi connectivity index (χ1v) is 15.7. The van der Waals surface area contributed by atoms with E-state index >= 15 is 0 Å². The molecule has 7 aromatic carbocycles. The quantitative estimate of drug-likeness (QED) is 0.183. The Kier molecular flexibility index (Phi) is 5.11. The number of hydrogen-bond acceptors (Lipinski definition) is 3. The highest BCUT2D eigenvalue weighted by Crippen LogP contribution is 2.36. The van der Waals surface area contributed by atoms with Crippen LogP contribution >= 0.6 is 0 Å². The Morgan fingerprint density at radius 3 is 1.69 bits per heavy atom. The number of fused-ring (bicyclic) bond motifs is 3. The highest BCUT2D eigenvalue weighted by molar-refractivity contribution is 6.10. The van der Waals surface area contributed by atoms with Crippen molar-refractivity contribution in [3.05, 3.63) is 182 Å². The first kappa shape index (κ1) is 20.6. The third-order valence-corrected chi connectivity index (χ3v) is 8.45. The van der Waals surface area contributed by atoms with Crippen LogP contribution in [0.4, 0.5) is 0 Å². The third kappa shape index (κ3) is 5.35. The summed E-state index contributed by atoms with van der Waals surface area (Å²) in [6.07, 6.45) is 0. The zero-order valence-electron chi connectivity index (χ0n) is 34.9. The molecule has 49 heavy (non-hydrogen) atoms. The average molecular weight is 636 g/mol. The molecule has 9 rings (SSSR count). The molecule has 4 heteroatoms. The van der Waals surface area contributed by atoms with E-state index in [0.29, 0.717) is 45.2 Å². The molecule has 0 atom stereocenters. The Labute approximate surface area is 297 Å². The van der Waals surface area contributed by atoms with Crippen LogP contribution in [0.3, 0.4) is 0 Å². The van der Waals surface area contributed by atoms with Gasteiger partial charge in [-0.3, -0.25) is 0 Å². The summed E-state index contributed by atoms with van der Waals surface area (Å²) < 4.78 is 78.9. The molecule has 230 valence electrons. The van der Waals surface area contributed by atoms with Gasteiger partial charge in [0.15, 0.2) is 17.5 Å². The van der Waals surface area contributed by atoms with Crippen LogP contribution in [0.2, 0.25) is 0 Å². The fourth-order valence-electron chi connectivity index (χ4n) is 6.14. The monoisotopic (exact) mass is 635 g/mol. The van der Waals surface area contributed by atoms with E-state index in [2.05, 4.69) is 0 Å². The molecule has 2 aromatic heterocycles. The number of hydrogen-bond donors (Lipinski definition) is 0. The minimum Gasteiger partial charge on any atom is -0.309 e. The zero-order valence-corrected chi connectivity index (χ0v) is 25.9. The number of rotatable bonds is 6. The first-order chi connectivity index (χ1) is 28.0. The Hall–Kier alpha value is -6.65. The topological polar surface area (TPSA) is 43.6 Å². The summed E-state index contributed by atoms with van der Waals surface area (Å²) in [6.45, 7) is 0. The van der Waals surface area contributed by atoms with Crippen LogP contribution in [0.25, 0.3) is 83.9 Å². The van der Waals surface area contributed by atoms with Crippen LogP contribution < -0.4 is 0 Å². The van der Waals surface area contributed by atoms with Crippen LogP contribution in [0, 0.1) is 0 Å². The van der Waals surface area contributed by atoms with Gasteiger partial charge in [-0.25, -0.2) is 15.0 Å². The first-order valence-electron chi connectivity index (χ1n) is 20.2. The van der Waals surface area contributed by atoms with E-state index in [1.54, 1.807) is 22.8 Å².